The lowest BCUT2D eigenvalue weighted by atomic mass is 10.2. The van der Waals surface area contributed by atoms with Gasteiger partial charge in [0.2, 0.25) is 0 Å². The van der Waals surface area contributed by atoms with E-state index in [9.17, 15) is 9.59 Å². The molecule has 0 saturated carbocycles. The van der Waals surface area contributed by atoms with Crippen molar-refractivity contribution in [2.45, 2.75) is 6.92 Å². The van der Waals surface area contributed by atoms with Crippen molar-refractivity contribution in [1.82, 2.24) is 0 Å². The van der Waals surface area contributed by atoms with Gasteiger partial charge in [0.15, 0.2) is 6.61 Å². The van der Waals surface area contributed by atoms with Crippen molar-refractivity contribution in [2.24, 2.45) is 0 Å². The van der Waals surface area contributed by atoms with Crippen LogP contribution in [-0.4, -0.2) is 23.7 Å². The highest BCUT2D eigenvalue weighted by Gasteiger charge is 2.08. The lowest BCUT2D eigenvalue weighted by molar-refractivity contribution is -0.136. The fourth-order valence-corrected chi connectivity index (χ4v) is 1.79. The molecule has 0 spiro atoms. The van der Waals surface area contributed by atoms with Crippen molar-refractivity contribution >= 4 is 23.5 Å². The van der Waals surface area contributed by atoms with E-state index in [1.54, 1.807) is 18.2 Å². The molecule has 0 atom stereocenters. The lowest BCUT2D eigenvalue weighted by Crippen LogP contribution is -2.17. The summed E-state index contributed by atoms with van der Waals surface area (Å²) in [6, 6.07) is 10.6. The van der Waals surface area contributed by atoms with Crippen LogP contribution in [0.5, 0.6) is 11.5 Å². The number of hydrogen-bond donors (Lipinski definition) is 1. The molecule has 22 heavy (non-hydrogen) atoms. The molecule has 0 fully saturated rings. The van der Waals surface area contributed by atoms with Crippen molar-refractivity contribution < 1.29 is 24.2 Å². The maximum atomic E-state index is 11.7. The second-order valence-corrected chi connectivity index (χ2v) is 4.91. The van der Waals surface area contributed by atoms with Gasteiger partial charge in [0.05, 0.1) is 5.56 Å². The van der Waals surface area contributed by atoms with Gasteiger partial charge < -0.3 is 14.6 Å². The molecule has 0 aliphatic heterocycles. The fraction of sp³-hybridized carbons (Fsp3) is 0.125. The molecule has 114 valence electrons. The number of benzene rings is 2. The first-order chi connectivity index (χ1) is 10.5. The van der Waals surface area contributed by atoms with Crippen LogP contribution < -0.4 is 9.47 Å². The van der Waals surface area contributed by atoms with Gasteiger partial charge in [-0.3, -0.25) is 0 Å². The summed E-state index contributed by atoms with van der Waals surface area (Å²) in [6.45, 7) is 1.57. The highest BCUT2D eigenvalue weighted by Crippen LogP contribution is 2.21. The Labute approximate surface area is 132 Å². The summed E-state index contributed by atoms with van der Waals surface area (Å²) < 4.78 is 10.4. The third-order valence-electron chi connectivity index (χ3n) is 2.82. The van der Waals surface area contributed by atoms with E-state index in [1.165, 1.54) is 24.3 Å². The number of esters is 1. The van der Waals surface area contributed by atoms with Crippen LogP contribution in [0.3, 0.4) is 0 Å². The number of carbonyl (C=O) groups excluding carboxylic acids is 1. The summed E-state index contributed by atoms with van der Waals surface area (Å²) in [6.07, 6.45) is 0. The van der Waals surface area contributed by atoms with E-state index in [0.29, 0.717) is 10.8 Å². The molecule has 2 aromatic rings. The van der Waals surface area contributed by atoms with Crippen LogP contribution in [0.15, 0.2) is 42.5 Å². The molecule has 0 aliphatic rings. The molecule has 1 N–H and O–H groups in total. The zero-order valence-electron chi connectivity index (χ0n) is 11.7. The Bertz CT molecular complexity index is 694. The minimum absolute atomic E-state index is 0.118. The number of carboxylic acid groups (broad SMARTS) is 1. The van der Waals surface area contributed by atoms with Crippen LogP contribution in [-0.2, 0) is 4.79 Å². The van der Waals surface area contributed by atoms with E-state index in [1.807, 2.05) is 6.92 Å². The van der Waals surface area contributed by atoms with Crippen molar-refractivity contribution in [3.05, 3.63) is 58.6 Å². The van der Waals surface area contributed by atoms with E-state index in [-0.39, 0.29) is 17.9 Å². The van der Waals surface area contributed by atoms with Crippen molar-refractivity contribution in [1.29, 1.82) is 0 Å². The minimum atomic E-state index is -1.04. The zero-order chi connectivity index (χ0) is 16.1. The summed E-state index contributed by atoms with van der Waals surface area (Å²) in [5.74, 6) is -0.860. The average Bonchev–Trinajstić information content (AvgIpc) is 2.49. The van der Waals surface area contributed by atoms with Gasteiger partial charge in [-0.15, -0.1) is 0 Å². The maximum Gasteiger partial charge on any atom is 0.349 e. The second kappa shape index (κ2) is 6.95. The van der Waals surface area contributed by atoms with Crippen LogP contribution >= 0.6 is 11.6 Å². The molecule has 0 amide bonds. The van der Waals surface area contributed by atoms with Crippen LogP contribution in [0.4, 0.5) is 0 Å². The predicted octanol–water partition coefficient (Wildman–Crippen LogP) is 3.33. The van der Waals surface area contributed by atoms with Crippen LogP contribution in [0, 0.1) is 6.92 Å². The first kappa shape index (κ1) is 15.9. The van der Waals surface area contributed by atoms with E-state index in [0.717, 1.165) is 5.56 Å². The largest absolute Gasteiger partial charge is 0.482 e. The van der Waals surface area contributed by atoms with Gasteiger partial charge in [-0.25, -0.2) is 9.59 Å². The number of ether oxygens (including phenoxy) is 2. The third kappa shape index (κ3) is 4.23. The Hall–Kier alpha value is -2.53. The molecule has 0 heterocycles. The number of aryl methyl sites for hydroxylation is 1. The van der Waals surface area contributed by atoms with E-state index in [2.05, 4.69) is 0 Å². The maximum absolute atomic E-state index is 11.7. The number of carbonyl (C=O) groups is 2. The summed E-state index contributed by atoms with van der Waals surface area (Å²) in [5.41, 5.74) is 0.962. The van der Waals surface area contributed by atoms with Crippen molar-refractivity contribution in [3.63, 3.8) is 0 Å². The van der Waals surface area contributed by atoms with Gasteiger partial charge in [-0.2, -0.15) is 0 Å². The number of rotatable bonds is 5. The summed E-state index contributed by atoms with van der Waals surface area (Å²) in [7, 11) is 0. The number of halogens is 1. The van der Waals surface area contributed by atoms with Gasteiger partial charge in [-0.05, 0) is 55.0 Å². The molecule has 2 rings (SSSR count). The van der Waals surface area contributed by atoms with Crippen molar-refractivity contribution in [2.75, 3.05) is 6.61 Å². The van der Waals surface area contributed by atoms with E-state index in [4.69, 9.17) is 26.2 Å². The molecule has 0 bridgehead atoms. The van der Waals surface area contributed by atoms with Gasteiger partial charge in [-0.1, -0.05) is 11.6 Å². The molecular formula is C16H13ClO5. The first-order valence-corrected chi connectivity index (χ1v) is 6.76. The Kier molecular flexibility index (Phi) is 5.01. The topological polar surface area (TPSA) is 72.8 Å². The van der Waals surface area contributed by atoms with Crippen molar-refractivity contribution in [3.8, 4) is 11.5 Å². The van der Waals surface area contributed by atoms with E-state index < -0.39 is 11.9 Å². The molecule has 0 unspecified atom stereocenters. The Morgan fingerprint density at radius 3 is 2.32 bits per heavy atom. The summed E-state index contributed by atoms with van der Waals surface area (Å²) in [5, 5.41) is 9.39. The number of hydrogen-bond acceptors (Lipinski definition) is 4. The quantitative estimate of drug-likeness (QED) is 0.675. The fourth-order valence-electron chi connectivity index (χ4n) is 1.68. The Balaban J connectivity index is 1.89. The summed E-state index contributed by atoms with van der Waals surface area (Å²) in [4.78, 5) is 22.4. The molecule has 5 nitrogen and oxygen atoms in total. The summed E-state index contributed by atoms with van der Waals surface area (Å²) >= 11 is 5.90. The monoisotopic (exact) mass is 320 g/mol. The highest BCUT2D eigenvalue weighted by atomic mass is 35.5. The van der Waals surface area contributed by atoms with Gasteiger partial charge in [0.1, 0.15) is 11.5 Å². The second-order valence-electron chi connectivity index (χ2n) is 4.50. The zero-order valence-corrected chi connectivity index (χ0v) is 12.5. The number of carboxylic acids is 1. The Morgan fingerprint density at radius 2 is 1.73 bits per heavy atom. The van der Waals surface area contributed by atoms with Gasteiger partial charge in [0.25, 0.3) is 0 Å². The van der Waals surface area contributed by atoms with E-state index >= 15 is 0 Å². The first-order valence-electron chi connectivity index (χ1n) is 6.38. The minimum Gasteiger partial charge on any atom is -0.482 e. The highest BCUT2D eigenvalue weighted by molar-refractivity contribution is 6.31. The standard InChI is InChI=1S/C16H13ClO5/c1-10-8-13(6-7-14(10)17)21-9-15(18)22-12-4-2-11(3-5-12)16(19)20/h2-8H,9H2,1H3,(H,19,20). The van der Waals surface area contributed by atoms with Crippen LogP contribution in [0.2, 0.25) is 5.02 Å². The predicted molar refractivity (Wildman–Crippen MR) is 80.7 cm³/mol. The molecule has 2 aromatic carbocycles. The Morgan fingerprint density at radius 1 is 1.09 bits per heavy atom. The molecular weight excluding hydrogens is 308 g/mol. The molecule has 0 aliphatic carbocycles. The molecule has 0 radical (unpaired) electrons. The molecule has 6 heteroatoms. The smallest absolute Gasteiger partial charge is 0.349 e. The molecule has 0 saturated heterocycles. The number of aromatic carboxylic acids is 1. The average molecular weight is 321 g/mol. The van der Waals surface area contributed by atoms with Crippen LogP contribution in [0.25, 0.3) is 0 Å². The third-order valence-corrected chi connectivity index (χ3v) is 3.24. The lowest BCUT2D eigenvalue weighted by Gasteiger charge is -2.08. The van der Waals surface area contributed by atoms with Gasteiger partial charge in [0, 0.05) is 5.02 Å². The molecule has 0 aromatic heterocycles. The normalized spacial score (nSPS) is 10.1. The van der Waals surface area contributed by atoms with Gasteiger partial charge >= 0.3 is 11.9 Å². The van der Waals surface area contributed by atoms with Crippen LogP contribution in [0.1, 0.15) is 15.9 Å². The SMILES string of the molecule is Cc1cc(OCC(=O)Oc2ccc(C(=O)O)cc2)ccc1Cl.